The van der Waals surface area contributed by atoms with Crippen LogP contribution in [0.1, 0.15) is 12.5 Å². The molecule has 1 aliphatic rings. The van der Waals surface area contributed by atoms with E-state index in [1.54, 1.807) is 19.1 Å². The molecule has 0 bridgehead atoms. The number of likely N-dealkylation sites (N-methyl/N-ethyl adjacent to an activating group) is 1. The van der Waals surface area contributed by atoms with Gasteiger partial charge in [0.25, 0.3) is 0 Å². The number of hydrogen-bond acceptors (Lipinski definition) is 3. The van der Waals surface area contributed by atoms with E-state index in [1.807, 2.05) is 6.92 Å². The first-order chi connectivity index (χ1) is 10.0. The maximum absolute atomic E-state index is 13.1. The molecule has 0 amide bonds. The molecule has 2 unspecified atom stereocenters. The second-order valence-electron chi connectivity index (χ2n) is 5.71. The molecule has 0 aromatic heterocycles. The number of halogens is 3. The zero-order chi connectivity index (χ0) is 16.7. The van der Waals surface area contributed by atoms with Crippen molar-refractivity contribution < 1.29 is 21.6 Å². The van der Waals surface area contributed by atoms with Crippen molar-refractivity contribution in [1.29, 1.82) is 0 Å². The Labute approximate surface area is 128 Å². The van der Waals surface area contributed by atoms with Crippen LogP contribution in [0, 0.1) is 6.92 Å². The van der Waals surface area contributed by atoms with Crippen LogP contribution in [0.2, 0.25) is 0 Å². The largest absolute Gasteiger partial charge is 0.405 e. The molecule has 0 aliphatic carbocycles. The summed E-state index contributed by atoms with van der Waals surface area (Å²) in [5.41, 5.74) is 0.888. The molecule has 2 rings (SSSR count). The lowest BCUT2D eigenvalue weighted by Gasteiger charge is -2.43. The Balaban J connectivity index is 2.33. The highest BCUT2D eigenvalue weighted by atomic mass is 32.2. The fraction of sp³-hybridized carbons (Fsp3) is 0.571. The van der Waals surface area contributed by atoms with E-state index in [4.69, 9.17) is 0 Å². The predicted octanol–water partition coefficient (Wildman–Crippen LogP) is 2.25. The van der Waals surface area contributed by atoms with Crippen LogP contribution >= 0.6 is 0 Å². The zero-order valence-corrected chi connectivity index (χ0v) is 13.4. The van der Waals surface area contributed by atoms with E-state index in [9.17, 15) is 21.6 Å². The van der Waals surface area contributed by atoms with E-state index in [0.29, 0.717) is 0 Å². The van der Waals surface area contributed by atoms with Crippen LogP contribution in [0.25, 0.3) is 0 Å². The number of aryl methyl sites for hydroxylation is 1. The molecule has 1 aromatic carbocycles. The smallest absolute Gasteiger partial charge is 0.290 e. The maximum Gasteiger partial charge on any atom is 0.405 e. The van der Waals surface area contributed by atoms with E-state index in [1.165, 1.54) is 24.1 Å². The number of piperazine rings is 1. The van der Waals surface area contributed by atoms with Crippen molar-refractivity contribution >= 4 is 10.0 Å². The van der Waals surface area contributed by atoms with Crippen molar-refractivity contribution in [1.82, 2.24) is 9.21 Å². The van der Waals surface area contributed by atoms with E-state index >= 15 is 0 Å². The van der Waals surface area contributed by atoms with Gasteiger partial charge in [0.2, 0.25) is 10.0 Å². The van der Waals surface area contributed by atoms with Crippen molar-refractivity contribution in [3.8, 4) is 0 Å². The maximum atomic E-state index is 13.1. The van der Waals surface area contributed by atoms with Crippen molar-refractivity contribution in [2.24, 2.45) is 0 Å². The molecule has 0 spiro atoms. The Kier molecular flexibility index (Phi) is 4.56. The average molecular weight is 336 g/mol. The summed E-state index contributed by atoms with van der Waals surface area (Å²) in [4.78, 5) is 1.21. The van der Waals surface area contributed by atoms with E-state index in [-0.39, 0.29) is 11.4 Å². The summed E-state index contributed by atoms with van der Waals surface area (Å²) in [6.45, 7) is 2.86. The third kappa shape index (κ3) is 3.28. The van der Waals surface area contributed by atoms with Gasteiger partial charge < -0.3 is 0 Å². The Morgan fingerprint density at radius 2 is 1.68 bits per heavy atom. The minimum atomic E-state index is -4.47. The average Bonchev–Trinajstić information content (AvgIpc) is 2.40. The molecule has 1 saturated heterocycles. The van der Waals surface area contributed by atoms with Gasteiger partial charge in [0.05, 0.1) is 4.90 Å². The fourth-order valence-electron chi connectivity index (χ4n) is 2.52. The molecule has 2 atom stereocenters. The van der Waals surface area contributed by atoms with Gasteiger partial charge in [-0.25, -0.2) is 8.42 Å². The third-order valence-corrected chi connectivity index (χ3v) is 5.91. The second-order valence-corrected chi connectivity index (χ2v) is 7.64. The van der Waals surface area contributed by atoms with Gasteiger partial charge in [-0.3, -0.25) is 4.90 Å². The number of nitrogens with zero attached hydrogens (tertiary/aromatic N) is 2. The Bertz CT molecular complexity index is 628. The first kappa shape index (κ1) is 17.2. The highest BCUT2D eigenvalue weighted by Crippen LogP contribution is 2.31. The standard InChI is InChI=1S/C14H19F3N2O2S/c1-10-4-6-12(7-5-10)22(20,21)19-8-11(2)18(3)13(9-19)14(15,16)17/h4-7,11,13H,8-9H2,1-3H3. The number of rotatable bonds is 2. The van der Waals surface area contributed by atoms with Gasteiger partial charge in [0, 0.05) is 19.1 Å². The molecule has 124 valence electrons. The first-order valence-corrected chi connectivity index (χ1v) is 8.33. The lowest BCUT2D eigenvalue weighted by Crippen LogP contribution is -2.62. The monoisotopic (exact) mass is 336 g/mol. The SMILES string of the molecule is Cc1ccc(S(=O)(=O)N2CC(C)N(C)C(C(F)(F)F)C2)cc1. The van der Waals surface area contributed by atoms with E-state index in [0.717, 1.165) is 9.87 Å². The van der Waals surface area contributed by atoms with Crippen LogP contribution in [0.5, 0.6) is 0 Å². The number of hydrogen-bond donors (Lipinski definition) is 0. The molecule has 4 nitrogen and oxygen atoms in total. The highest BCUT2D eigenvalue weighted by Gasteiger charge is 2.49. The molecular weight excluding hydrogens is 317 g/mol. The molecule has 0 saturated carbocycles. The number of benzene rings is 1. The third-order valence-electron chi connectivity index (χ3n) is 4.07. The van der Waals surface area contributed by atoms with E-state index in [2.05, 4.69) is 0 Å². The number of alkyl halides is 3. The first-order valence-electron chi connectivity index (χ1n) is 6.89. The van der Waals surface area contributed by atoms with Gasteiger partial charge >= 0.3 is 6.18 Å². The van der Waals surface area contributed by atoms with Crippen LogP contribution in [0.4, 0.5) is 13.2 Å². The molecule has 1 aliphatic heterocycles. The summed E-state index contributed by atoms with van der Waals surface area (Å²) in [7, 11) is -2.55. The molecule has 1 fully saturated rings. The normalized spacial score (nSPS) is 25.4. The van der Waals surface area contributed by atoms with Crippen LogP contribution < -0.4 is 0 Å². The van der Waals surface area contributed by atoms with Gasteiger partial charge in [-0.2, -0.15) is 17.5 Å². The Morgan fingerprint density at radius 3 is 2.18 bits per heavy atom. The topological polar surface area (TPSA) is 40.6 Å². The summed E-state index contributed by atoms with van der Waals surface area (Å²) >= 11 is 0. The summed E-state index contributed by atoms with van der Waals surface area (Å²) < 4.78 is 65.4. The lowest BCUT2D eigenvalue weighted by molar-refractivity contribution is -0.194. The number of sulfonamides is 1. The quantitative estimate of drug-likeness (QED) is 0.832. The summed E-state index contributed by atoms with van der Waals surface area (Å²) in [5.74, 6) is 0. The molecule has 8 heteroatoms. The van der Waals surface area contributed by atoms with Crippen LogP contribution in [-0.4, -0.2) is 56.0 Å². The molecular formula is C14H19F3N2O2S. The van der Waals surface area contributed by atoms with Crippen molar-refractivity contribution in [2.75, 3.05) is 20.1 Å². The highest BCUT2D eigenvalue weighted by molar-refractivity contribution is 7.89. The van der Waals surface area contributed by atoms with Gasteiger partial charge in [0.15, 0.2) is 0 Å². The summed E-state index contributed by atoms with van der Waals surface area (Å²) in [6, 6.07) is 3.81. The fourth-order valence-corrected chi connectivity index (χ4v) is 4.04. The lowest BCUT2D eigenvalue weighted by atomic mass is 10.1. The van der Waals surface area contributed by atoms with Gasteiger partial charge in [-0.15, -0.1) is 0 Å². The van der Waals surface area contributed by atoms with Gasteiger partial charge in [-0.1, -0.05) is 17.7 Å². The Morgan fingerprint density at radius 1 is 1.14 bits per heavy atom. The van der Waals surface area contributed by atoms with Gasteiger partial charge in [0.1, 0.15) is 6.04 Å². The van der Waals surface area contributed by atoms with Crippen LogP contribution in [-0.2, 0) is 10.0 Å². The summed E-state index contributed by atoms with van der Waals surface area (Å²) in [6.07, 6.45) is -4.47. The Hall–Kier alpha value is -1.12. The molecule has 0 N–H and O–H groups in total. The van der Waals surface area contributed by atoms with Crippen molar-refractivity contribution in [3.63, 3.8) is 0 Å². The second kappa shape index (κ2) is 5.82. The summed E-state index contributed by atoms with van der Waals surface area (Å²) in [5, 5.41) is 0. The van der Waals surface area contributed by atoms with Crippen molar-refractivity contribution in [2.45, 2.75) is 37.0 Å². The minimum absolute atomic E-state index is 0.0239. The van der Waals surface area contributed by atoms with Gasteiger partial charge in [-0.05, 0) is 33.0 Å². The van der Waals surface area contributed by atoms with E-state index < -0.39 is 34.8 Å². The molecule has 22 heavy (non-hydrogen) atoms. The van der Waals surface area contributed by atoms with Crippen LogP contribution in [0.15, 0.2) is 29.2 Å². The predicted molar refractivity (Wildman–Crippen MR) is 77.0 cm³/mol. The minimum Gasteiger partial charge on any atom is -0.290 e. The van der Waals surface area contributed by atoms with Crippen molar-refractivity contribution in [3.05, 3.63) is 29.8 Å². The van der Waals surface area contributed by atoms with Crippen LogP contribution in [0.3, 0.4) is 0 Å². The zero-order valence-electron chi connectivity index (χ0n) is 12.6. The molecule has 1 heterocycles. The molecule has 1 aromatic rings. The molecule has 0 radical (unpaired) electrons.